The number of nitrogens with zero attached hydrogens (tertiary/aromatic N) is 2. The lowest BCUT2D eigenvalue weighted by Gasteiger charge is -2.21. The van der Waals surface area contributed by atoms with Crippen molar-refractivity contribution in [3.63, 3.8) is 0 Å². The maximum Gasteiger partial charge on any atom is 0.261 e. The number of aromatic nitrogens is 1. The molecule has 0 aliphatic heterocycles. The minimum Gasteiger partial charge on any atom is -0.493 e. The van der Waals surface area contributed by atoms with Crippen molar-refractivity contribution < 1.29 is 18.7 Å². The van der Waals surface area contributed by atoms with Gasteiger partial charge in [0.05, 0.1) is 32.2 Å². The Labute approximate surface area is 152 Å². The van der Waals surface area contributed by atoms with E-state index >= 15 is 0 Å². The zero-order valence-corrected chi connectivity index (χ0v) is 14.5. The smallest absolute Gasteiger partial charge is 0.261 e. The van der Waals surface area contributed by atoms with E-state index in [0.717, 1.165) is 5.69 Å². The highest BCUT2D eigenvalue weighted by atomic mass is 16.5. The first kappa shape index (κ1) is 17.5. The predicted octanol–water partition coefficient (Wildman–Crippen LogP) is 3.29. The Balaban J connectivity index is 1.69. The molecule has 134 valence electrons. The number of hydrogen-bond donors (Lipinski definition) is 0. The van der Waals surface area contributed by atoms with E-state index in [0.29, 0.717) is 30.3 Å². The molecule has 1 aromatic carbocycles. The van der Waals surface area contributed by atoms with Crippen LogP contribution in [0.15, 0.2) is 71.5 Å². The van der Waals surface area contributed by atoms with E-state index in [2.05, 4.69) is 4.98 Å². The molecular weight excluding hydrogens is 332 g/mol. The summed E-state index contributed by atoms with van der Waals surface area (Å²) in [5, 5.41) is 0. The van der Waals surface area contributed by atoms with E-state index in [1.807, 2.05) is 36.4 Å². The van der Waals surface area contributed by atoms with Crippen LogP contribution in [0.1, 0.15) is 11.5 Å². The van der Waals surface area contributed by atoms with Crippen molar-refractivity contribution in [2.45, 2.75) is 13.1 Å². The maximum absolute atomic E-state index is 12.7. The molecule has 0 radical (unpaired) electrons. The van der Waals surface area contributed by atoms with Crippen molar-refractivity contribution in [3.05, 3.63) is 78.5 Å². The number of ether oxygens (including phenoxy) is 2. The number of carbonyl (C=O) groups is 1. The molecule has 0 unspecified atom stereocenters. The lowest BCUT2D eigenvalue weighted by molar-refractivity contribution is -0.135. The second-order valence-electron chi connectivity index (χ2n) is 5.59. The third kappa shape index (κ3) is 4.63. The number of furan rings is 1. The highest BCUT2D eigenvalue weighted by molar-refractivity contribution is 5.77. The molecule has 3 aromatic rings. The van der Waals surface area contributed by atoms with E-state index in [9.17, 15) is 4.79 Å². The van der Waals surface area contributed by atoms with Crippen LogP contribution in [0.25, 0.3) is 0 Å². The molecule has 0 N–H and O–H groups in total. The van der Waals surface area contributed by atoms with Gasteiger partial charge >= 0.3 is 0 Å². The van der Waals surface area contributed by atoms with Gasteiger partial charge in [0.2, 0.25) is 0 Å². The maximum atomic E-state index is 12.7. The van der Waals surface area contributed by atoms with Crippen molar-refractivity contribution in [1.82, 2.24) is 9.88 Å². The highest BCUT2D eigenvalue weighted by Gasteiger charge is 2.18. The van der Waals surface area contributed by atoms with E-state index < -0.39 is 0 Å². The zero-order valence-electron chi connectivity index (χ0n) is 14.5. The Morgan fingerprint density at radius 2 is 1.85 bits per heavy atom. The van der Waals surface area contributed by atoms with Crippen molar-refractivity contribution in [1.29, 1.82) is 0 Å². The minimum atomic E-state index is -0.169. The van der Waals surface area contributed by atoms with Crippen LogP contribution in [0.4, 0.5) is 0 Å². The van der Waals surface area contributed by atoms with Crippen LogP contribution in [-0.4, -0.2) is 29.5 Å². The van der Waals surface area contributed by atoms with Crippen molar-refractivity contribution in [2.24, 2.45) is 0 Å². The molecule has 0 atom stereocenters. The van der Waals surface area contributed by atoms with Crippen LogP contribution in [0.5, 0.6) is 11.5 Å². The van der Waals surface area contributed by atoms with Crippen LogP contribution in [0, 0.1) is 0 Å². The van der Waals surface area contributed by atoms with Gasteiger partial charge in [-0.2, -0.15) is 0 Å². The fourth-order valence-corrected chi connectivity index (χ4v) is 2.48. The van der Waals surface area contributed by atoms with E-state index in [1.54, 1.807) is 42.7 Å². The molecule has 6 nitrogen and oxygen atoms in total. The molecule has 0 aliphatic rings. The number of rotatable bonds is 8. The topological polar surface area (TPSA) is 64.8 Å². The first-order valence-electron chi connectivity index (χ1n) is 8.22. The first-order valence-corrected chi connectivity index (χ1v) is 8.22. The fourth-order valence-electron chi connectivity index (χ4n) is 2.48. The Bertz CT molecular complexity index is 819. The van der Waals surface area contributed by atoms with E-state index in [4.69, 9.17) is 13.9 Å². The molecule has 0 bridgehead atoms. The molecule has 6 heteroatoms. The van der Waals surface area contributed by atoms with Crippen molar-refractivity contribution in [3.8, 4) is 11.5 Å². The summed E-state index contributed by atoms with van der Waals surface area (Å²) in [5.74, 6) is 1.64. The second kappa shape index (κ2) is 8.71. The number of amides is 1. The monoisotopic (exact) mass is 352 g/mol. The number of pyridine rings is 1. The average molecular weight is 352 g/mol. The molecule has 0 fully saturated rings. The molecule has 0 saturated heterocycles. The van der Waals surface area contributed by atoms with Gasteiger partial charge in [0.15, 0.2) is 18.1 Å². The van der Waals surface area contributed by atoms with Gasteiger partial charge in [0, 0.05) is 6.20 Å². The number of carbonyl (C=O) groups excluding carboxylic acids is 1. The number of benzene rings is 1. The van der Waals surface area contributed by atoms with Gasteiger partial charge in [0.25, 0.3) is 5.91 Å². The lowest BCUT2D eigenvalue weighted by atomic mass is 10.3. The third-order valence-electron chi connectivity index (χ3n) is 3.78. The van der Waals surface area contributed by atoms with Gasteiger partial charge in [-0.3, -0.25) is 9.78 Å². The highest BCUT2D eigenvalue weighted by Crippen LogP contribution is 2.25. The number of methoxy groups -OCH3 is 1. The Morgan fingerprint density at radius 3 is 2.54 bits per heavy atom. The Hall–Kier alpha value is -3.28. The Kier molecular flexibility index (Phi) is 5.88. The number of hydrogen-bond acceptors (Lipinski definition) is 5. The lowest BCUT2D eigenvalue weighted by Crippen LogP contribution is -2.34. The molecule has 3 rings (SSSR count). The molecular formula is C20H20N2O4. The first-order chi connectivity index (χ1) is 12.8. The summed E-state index contributed by atoms with van der Waals surface area (Å²) in [6.45, 7) is 0.612. The van der Waals surface area contributed by atoms with Gasteiger partial charge in [-0.05, 0) is 36.4 Å². The molecule has 1 amide bonds. The standard InChI is InChI=1S/C20H20N2O4/c1-24-18-9-2-3-10-19(18)26-15-20(23)22(14-17-8-6-12-25-17)13-16-7-4-5-11-21-16/h2-12H,13-15H2,1H3. The quantitative estimate of drug-likeness (QED) is 0.622. The van der Waals surface area contributed by atoms with Crippen LogP contribution in [-0.2, 0) is 17.9 Å². The summed E-state index contributed by atoms with van der Waals surface area (Å²) in [4.78, 5) is 18.7. The van der Waals surface area contributed by atoms with Gasteiger partial charge in [0.1, 0.15) is 5.76 Å². The number of para-hydroxylation sites is 2. The summed E-state index contributed by atoms with van der Waals surface area (Å²) in [6, 6.07) is 16.5. The van der Waals surface area contributed by atoms with Crippen molar-refractivity contribution >= 4 is 5.91 Å². The normalized spacial score (nSPS) is 10.3. The fraction of sp³-hybridized carbons (Fsp3) is 0.200. The van der Waals surface area contributed by atoms with Gasteiger partial charge in [-0.25, -0.2) is 0 Å². The van der Waals surface area contributed by atoms with Crippen LogP contribution < -0.4 is 9.47 Å². The molecule has 0 aliphatic carbocycles. The van der Waals surface area contributed by atoms with E-state index in [1.165, 1.54) is 0 Å². The van der Waals surface area contributed by atoms with Crippen LogP contribution in [0.2, 0.25) is 0 Å². The SMILES string of the molecule is COc1ccccc1OCC(=O)N(Cc1ccccn1)Cc1ccco1. The van der Waals surface area contributed by atoms with Gasteiger partial charge < -0.3 is 18.8 Å². The minimum absolute atomic E-state index is 0.103. The molecule has 2 aromatic heterocycles. The van der Waals surface area contributed by atoms with Crippen LogP contribution >= 0.6 is 0 Å². The van der Waals surface area contributed by atoms with E-state index in [-0.39, 0.29) is 12.5 Å². The summed E-state index contributed by atoms with van der Waals surface area (Å²) in [6.07, 6.45) is 3.29. The largest absolute Gasteiger partial charge is 0.493 e. The molecule has 0 saturated carbocycles. The van der Waals surface area contributed by atoms with Crippen LogP contribution in [0.3, 0.4) is 0 Å². The van der Waals surface area contributed by atoms with Crippen molar-refractivity contribution in [2.75, 3.05) is 13.7 Å². The van der Waals surface area contributed by atoms with Gasteiger partial charge in [-0.1, -0.05) is 18.2 Å². The summed E-state index contributed by atoms with van der Waals surface area (Å²) in [7, 11) is 1.56. The Morgan fingerprint density at radius 1 is 1.04 bits per heavy atom. The second-order valence-corrected chi connectivity index (χ2v) is 5.59. The average Bonchev–Trinajstić information content (AvgIpc) is 3.20. The predicted molar refractivity (Wildman–Crippen MR) is 95.7 cm³/mol. The molecule has 0 spiro atoms. The summed E-state index contributed by atoms with van der Waals surface area (Å²) < 4.78 is 16.3. The molecule has 26 heavy (non-hydrogen) atoms. The third-order valence-corrected chi connectivity index (χ3v) is 3.78. The molecule has 2 heterocycles. The summed E-state index contributed by atoms with van der Waals surface area (Å²) >= 11 is 0. The van der Waals surface area contributed by atoms with Gasteiger partial charge in [-0.15, -0.1) is 0 Å². The zero-order chi connectivity index (χ0) is 18.2. The summed E-state index contributed by atoms with van der Waals surface area (Å²) in [5.41, 5.74) is 0.796.